The lowest BCUT2D eigenvalue weighted by atomic mass is 9.91. The molecule has 1 aliphatic rings. The molecular formula is C10H12FNO. The molecule has 1 aromatic rings. The van der Waals surface area contributed by atoms with Gasteiger partial charge in [-0.2, -0.15) is 0 Å². The molecule has 0 spiro atoms. The highest BCUT2D eigenvalue weighted by molar-refractivity contribution is 5.43. The van der Waals surface area contributed by atoms with Crippen molar-refractivity contribution in [2.24, 2.45) is 0 Å². The van der Waals surface area contributed by atoms with Gasteiger partial charge in [0.05, 0.1) is 0 Å². The molecule has 2 nitrogen and oxygen atoms in total. The summed E-state index contributed by atoms with van der Waals surface area (Å²) in [5, 5.41) is 12.8. The van der Waals surface area contributed by atoms with E-state index in [-0.39, 0.29) is 11.6 Å². The van der Waals surface area contributed by atoms with Crippen LogP contribution in [-0.4, -0.2) is 18.2 Å². The van der Waals surface area contributed by atoms with E-state index in [1.54, 1.807) is 13.0 Å². The lowest BCUT2D eigenvalue weighted by molar-refractivity contribution is 0.407. The number of halogens is 1. The van der Waals surface area contributed by atoms with Gasteiger partial charge in [-0.25, -0.2) is 4.39 Å². The standard InChI is InChI=1S/C10H12FNO/c1-6-9(11)3-2-8(10(6)13)7-4-12-5-7/h2-3,7,12-13H,4-5H2,1H3. The van der Waals surface area contributed by atoms with Crippen LogP contribution in [0, 0.1) is 12.7 Å². The average molecular weight is 181 g/mol. The highest BCUT2D eigenvalue weighted by atomic mass is 19.1. The second-order valence-electron chi connectivity index (χ2n) is 3.47. The van der Waals surface area contributed by atoms with Crippen molar-refractivity contribution >= 4 is 0 Å². The number of aromatic hydroxyl groups is 1. The van der Waals surface area contributed by atoms with Crippen molar-refractivity contribution in [3.63, 3.8) is 0 Å². The van der Waals surface area contributed by atoms with Gasteiger partial charge in [0, 0.05) is 24.6 Å². The molecule has 0 aromatic heterocycles. The van der Waals surface area contributed by atoms with Crippen molar-refractivity contribution in [1.29, 1.82) is 0 Å². The predicted molar refractivity (Wildman–Crippen MR) is 48.4 cm³/mol. The molecule has 0 aliphatic carbocycles. The molecule has 2 N–H and O–H groups in total. The third-order valence-corrected chi connectivity index (χ3v) is 2.62. The van der Waals surface area contributed by atoms with Crippen molar-refractivity contribution in [3.8, 4) is 5.75 Å². The van der Waals surface area contributed by atoms with Gasteiger partial charge in [0.25, 0.3) is 0 Å². The van der Waals surface area contributed by atoms with Crippen LogP contribution in [0.4, 0.5) is 4.39 Å². The number of hydrogen-bond donors (Lipinski definition) is 2. The van der Waals surface area contributed by atoms with Gasteiger partial charge >= 0.3 is 0 Å². The van der Waals surface area contributed by atoms with Crippen LogP contribution < -0.4 is 5.32 Å². The predicted octanol–water partition coefficient (Wildman–Crippen LogP) is 1.53. The molecule has 0 saturated carbocycles. The Morgan fingerprint density at radius 1 is 1.46 bits per heavy atom. The first-order valence-corrected chi connectivity index (χ1v) is 4.39. The molecule has 1 aromatic carbocycles. The van der Waals surface area contributed by atoms with Crippen molar-refractivity contribution in [2.45, 2.75) is 12.8 Å². The van der Waals surface area contributed by atoms with Crippen LogP contribution in [-0.2, 0) is 0 Å². The van der Waals surface area contributed by atoms with Gasteiger partial charge in [-0.15, -0.1) is 0 Å². The number of rotatable bonds is 1. The molecule has 13 heavy (non-hydrogen) atoms. The summed E-state index contributed by atoms with van der Waals surface area (Å²) in [7, 11) is 0. The third-order valence-electron chi connectivity index (χ3n) is 2.62. The summed E-state index contributed by atoms with van der Waals surface area (Å²) in [6.45, 7) is 3.34. The quantitative estimate of drug-likeness (QED) is 0.688. The first kappa shape index (κ1) is 8.51. The average Bonchev–Trinajstić information content (AvgIpc) is 2.03. The summed E-state index contributed by atoms with van der Waals surface area (Å²) in [4.78, 5) is 0. The van der Waals surface area contributed by atoms with Crippen molar-refractivity contribution in [3.05, 3.63) is 29.1 Å². The Bertz CT molecular complexity index is 334. The van der Waals surface area contributed by atoms with Gasteiger partial charge in [0.1, 0.15) is 11.6 Å². The van der Waals surface area contributed by atoms with Gasteiger partial charge in [-0.1, -0.05) is 6.07 Å². The maximum Gasteiger partial charge on any atom is 0.129 e. The minimum Gasteiger partial charge on any atom is -0.507 e. The van der Waals surface area contributed by atoms with Crippen molar-refractivity contribution in [2.75, 3.05) is 13.1 Å². The molecule has 2 rings (SSSR count). The normalized spacial score (nSPS) is 17.1. The fourth-order valence-corrected chi connectivity index (χ4v) is 1.53. The summed E-state index contributed by atoms with van der Waals surface area (Å²) >= 11 is 0. The van der Waals surface area contributed by atoms with Crippen LogP contribution in [0.1, 0.15) is 17.0 Å². The molecule has 0 atom stereocenters. The van der Waals surface area contributed by atoms with E-state index in [2.05, 4.69) is 5.32 Å². The summed E-state index contributed by atoms with van der Waals surface area (Å²) in [6, 6.07) is 3.09. The van der Waals surface area contributed by atoms with Crippen LogP contribution in [0.25, 0.3) is 0 Å². The van der Waals surface area contributed by atoms with Gasteiger partial charge in [0.15, 0.2) is 0 Å². The number of phenolic OH excluding ortho intramolecular Hbond substituents is 1. The van der Waals surface area contributed by atoms with Gasteiger partial charge in [-0.05, 0) is 18.6 Å². The summed E-state index contributed by atoms with van der Waals surface area (Å²) in [6.07, 6.45) is 0. The van der Waals surface area contributed by atoms with E-state index in [4.69, 9.17) is 0 Å². The SMILES string of the molecule is Cc1c(F)ccc(C2CNC2)c1O. The Morgan fingerprint density at radius 3 is 2.69 bits per heavy atom. The highest BCUT2D eigenvalue weighted by Gasteiger charge is 2.23. The summed E-state index contributed by atoms with van der Waals surface area (Å²) in [5.74, 6) is 0.124. The van der Waals surface area contributed by atoms with Crippen LogP contribution in [0.15, 0.2) is 12.1 Å². The van der Waals surface area contributed by atoms with Crippen LogP contribution >= 0.6 is 0 Å². The summed E-state index contributed by atoms with van der Waals surface area (Å²) < 4.78 is 13.0. The Morgan fingerprint density at radius 2 is 2.15 bits per heavy atom. The third kappa shape index (κ3) is 1.29. The lowest BCUT2D eigenvalue weighted by Gasteiger charge is -2.28. The maximum atomic E-state index is 13.0. The molecule has 0 radical (unpaired) electrons. The number of phenols is 1. The van der Waals surface area contributed by atoms with Crippen LogP contribution in [0.5, 0.6) is 5.75 Å². The fraction of sp³-hybridized carbons (Fsp3) is 0.400. The molecule has 70 valence electrons. The fourth-order valence-electron chi connectivity index (χ4n) is 1.53. The number of hydrogen-bond acceptors (Lipinski definition) is 2. The molecule has 3 heteroatoms. The first-order chi connectivity index (χ1) is 6.20. The van der Waals surface area contributed by atoms with E-state index < -0.39 is 0 Å². The van der Waals surface area contributed by atoms with Crippen LogP contribution in [0.2, 0.25) is 0 Å². The van der Waals surface area contributed by atoms with E-state index in [1.165, 1.54) is 6.07 Å². The smallest absolute Gasteiger partial charge is 0.129 e. The monoisotopic (exact) mass is 181 g/mol. The molecule has 1 saturated heterocycles. The van der Waals surface area contributed by atoms with Crippen LogP contribution in [0.3, 0.4) is 0 Å². The van der Waals surface area contributed by atoms with E-state index in [0.29, 0.717) is 11.5 Å². The van der Waals surface area contributed by atoms with Crippen molar-refractivity contribution < 1.29 is 9.50 Å². The van der Waals surface area contributed by atoms with Gasteiger partial charge < -0.3 is 10.4 Å². The Balaban J connectivity index is 2.41. The lowest BCUT2D eigenvalue weighted by Crippen LogP contribution is -2.39. The maximum absolute atomic E-state index is 13.0. The summed E-state index contributed by atoms with van der Waals surface area (Å²) in [5.41, 5.74) is 1.21. The van der Waals surface area contributed by atoms with Gasteiger partial charge in [0.2, 0.25) is 0 Å². The minimum atomic E-state index is -0.339. The Labute approximate surface area is 76.4 Å². The molecule has 1 fully saturated rings. The Hall–Kier alpha value is -1.09. The van der Waals surface area contributed by atoms with Crippen molar-refractivity contribution in [1.82, 2.24) is 5.32 Å². The first-order valence-electron chi connectivity index (χ1n) is 4.39. The van der Waals surface area contributed by atoms with E-state index >= 15 is 0 Å². The topological polar surface area (TPSA) is 32.3 Å². The molecular weight excluding hydrogens is 169 g/mol. The zero-order valence-electron chi connectivity index (χ0n) is 7.47. The van der Waals surface area contributed by atoms with E-state index in [9.17, 15) is 9.50 Å². The number of nitrogens with one attached hydrogen (secondary N) is 1. The Kier molecular flexibility index (Phi) is 1.96. The largest absolute Gasteiger partial charge is 0.507 e. The number of benzene rings is 1. The zero-order valence-corrected chi connectivity index (χ0v) is 7.47. The second-order valence-corrected chi connectivity index (χ2v) is 3.47. The highest BCUT2D eigenvalue weighted by Crippen LogP contribution is 2.32. The van der Waals surface area contributed by atoms with E-state index in [1.807, 2.05) is 0 Å². The second kappa shape index (κ2) is 3.00. The van der Waals surface area contributed by atoms with E-state index in [0.717, 1.165) is 18.7 Å². The molecule has 0 unspecified atom stereocenters. The molecule has 1 aliphatic heterocycles. The zero-order chi connectivity index (χ0) is 9.42. The molecule has 1 heterocycles. The minimum absolute atomic E-state index is 0.117. The van der Waals surface area contributed by atoms with Gasteiger partial charge in [-0.3, -0.25) is 0 Å². The molecule has 0 amide bonds. The molecule has 0 bridgehead atoms.